The lowest BCUT2D eigenvalue weighted by Gasteiger charge is -2.33. The number of hydrogen-bond donors (Lipinski definition) is 0. The largest absolute Gasteiger partial charge is 0.550 e. The van der Waals surface area contributed by atoms with Gasteiger partial charge in [-0.1, -0.05) is 30.4 Å². The molecular weight excluding hydrogens is 350 g/mol. The van der Waals surface area contributed by atoms with Crippen molar-refractivity contribution in [1.82, 2.24) is 4.90 Å². The number of amides is 1. The van der Waals surface area contributed by atoms with Gasteiger partial charge in [0.15, 0.2) is 11.5 Å². The Kier molecular flexibility index (Phi) is 3.25. The molecule has 4 aliphatic rings. The Hall–Kier alpha value is -2.80. The number of carbonyl (C=O) groups is 2. The number of fused-ring (bicyclic) bond motifs is 2. The van der Waals surface area contributed by atoms with E-state index in [4.69, 9.17) is 14.2 Å². The van der Waals surface area contributed by atoms with Crippen molar-refractivity contribution in [3.8, 4) is 11.5 Å². The highest BCUT2D eigenvalue weighted by atomic mass is 16.7. The molecular formula is C20H18NO6-. The van der Waals surface area contributed by atoms with Crippen LogP contribution >= 0.6 is 0 Å². The zero-order chi connectivity index (χ0) is 18.9. The Balaban J connectivity index is 1.53. The molecule has 1 spiro atoms. The lowest BCUT2D eigenvalue weighted by Crippen LogP contribution is -2.46. The molecule has 1 aromatic rings. The highest BCUT2D eigenvalue weighted by Gasteiger charge is 2.69. The van der Waals surface area contributed by atoms with Crippen molar-refractivity contribution < 1.29 is 28.9 Å². The zero-order valence-electron chi connectivity index (χ0n) is 14.7. The lowest BCUT2D eigenvalue weighted by molar-refractivity contribution is -0.313. The first-order chi connectivity index (χ1) is 12.9. The van der Waals surface area contributed by atoms with Crippen molar-refractivity contribution in [2.75, 3.05) is 6.79 Å². The van der Waals surface area contributed by atoms with Gasteiger partial charge in [-0.25, -0.2) is 0 Å². The molecule has 0 aromatic heterocycles. The average Bonchev–Trinajstić information content (AvgIpc) is 3.35. The molecule has 0 unspecified atom stereocenters. The molecule has 2 fully saturated rings. The number of likely N-dealkylation sites (tertiary alicyclic amines) is 1. The van der Waals surface area contributed by atoms with Crippen molar-refractivity contribution >= 4 is 11.9 Å². The molecule has 0 aliphatic carbocycles. The number of carboxylic acids is 1. The fourth-order valence-electron chi connectivity index (χ4n) is 4.95. The molecule has 2 saturated heterocycles. The first kappa shape index (κ1) is 16.4. The summed E-state index contributed by atoms with van der Waals surface area (Å²) in [4.78, 5) is 26.6. The number of ether oxygens (including phenoxy) is 3. The fraction of sp³-hybridized carbons (Fsp3) is 0.400. The van der Waals surface area contributed by atoms with E-state index < -0.39 is 35.6 Å². The number of hydrogen-bond acceptors (Lipinski definition) is 6. The van der Waals surface area contributed by atoms with Gasteiger partial charge in [0.1, 0.15) is 5.60 Å². The van der Waals surface area contributed by atoms with Crippen LogP contribution < -0.4 is 14.6 Å². The number of benzene rings is 1. The SMILES string of the molecule is C=C(C)[C@@H]1N(Cc2ccc3c(c2)OCO3)C(=O)[C@H]2[C@@H](C(=O)[O-])[C@@H]3C=C[C@]12O3. The van der Waals surface area contributed by atoms with Gasteiger partial charge in [0.25, 0.3) is 0 Å². The highest BCUT2D eigenvalue weighted by Crippen LogP contribution is 2.56. The minimum atomic E-state index is -1.25. The van der Waals surface area contributed by atoms with E-state index in [1.165, 1.54) is 0 Å². The number of rotatable bonds is 4. The molecule has 0 saturated carbocycles. The van der Waals surface area contributed by atoms with E-state index >= 15 is 0 Å². The minimum absolute atomic E-state index is 0.175. The van der Waals surface area contributed by atoms with Crippen LogP contribution in [-0.4, -0.2) is 41.3 Å². The Morgan fingerprint density at radius 3 is 2.89 bits per heavy atom. The van der Waals surface area contributed by atoms with Gasteiger partial charge in [-0.15, -0.1) is 0 Å². The summed E-state index contributed by atoms with van der Waals surface area (Å²) >= 11 is 0. The number of aliphatic carboxylic acids is 1. The predicted octanol–water partition coefficient (Wildman–Crippen LogP) is 0.392. The average molecular weight is 368 g/mol. The smallest absolute Gasteiger partial charge is 0.231 e. The van der Waals surface area contributed by atoms with Crippen molar-refractivity contribution in [2.24, 2.45) is 11.8 Å². The van der Waals surface area contributed by atoms with E-state index in [-0.39, 0.29) is 12.7 Å². The van der Waals surface area contributed by atoms with Gasteiger partial charge < -0.3 is 29.0 Å². The van der Waals surface area contributed by atoms with E-state index in [1.54, 1.807) is 17.0 Å². The van der Waals surface area contributed by atoms with E-state index in [0.717, 1.165) is 11.1 Å². The number of nitrogens with zero attached hydrogens (tertiary/aromatic N) is 1. The zero-order valence-corrected chi connectivity index (χ0v) is 14.7. The monoisotopic (exact) mass is 368 g/mol. The summed E-state index contributed by atoms with van der Waals surface area (Å²) in [6.07, 6.45) is 2.93. The van der Waals surface area contributed by atoms with Gasteiger partial charge in [-0.2, -0.15) is 0 Å². The molecule has 7 heteroatoms. The lowest BCUT2D eigenvalue weighted by atomic mass is 9.74. The Labute approximate surface area is 155 Å². The second kappa shape index (κ2) is 5.36. The first-order valence-corrected chi connectivity index (χ1v) is 8.85. The molecule has 27 heavy (non-hydrogen) atoms. The molecule has 4 heterocycles. The molecule has 1 amide bonds. The minimum Gasteiger partial charge on any atom is -0.550 e. The van der Waals surface area contributed by atoms with Crippen LogP contribution in [0.3, 0.4) is 0 Å². The van der Waals surface area contributed by atoms with Crippen molar-refractivity contribution in [3.63, 3.8) is 0 Å². The van der Waals surface area contributed by atoms with Crippen LogP contribution in [0.25, 0.3) is 0 Å². The molecule has 5 atom stereocenters. The van der Waals surface area contributed by atoms with Crippen LogP contribution in [0.2, 0.25) is 0 Å². The highest BCUT2D eigenvalue weighted by molar-refractivity contribution is 5.91. The second-order valence-corrected chi connectivity index (χ2v) is 7.52. The third-order valence-corrected chi connectivity index (χ3v) is 5.90. The topological polar surface area (TPSA) is 88.1 Å². The van der Waals surface area contributed by atoms with E-state index in [2.05, 4.69) is 6.58 Å². The maximum atomic E-state index is 13.3. The summed E-state index contributed by atoms with van der Waals surface area (Å²) in [6.45, 7) is 6.35. The molecule has 0 N–H and O–H groups in total. The summed E-state index contributed by atoms with van der Waals surface area (Å²) in [5.74, 6) is -1.98. The van der Waals surface area contributed by atoms with Crippen LogP contribution in [0.15, 0.2) is 42.5 Å². The molecule has 140 valence electrons. The first-order valence-electron chi connectivity index (χ1n) is 8.85. The standard InChI is InChI=1S/C20H19NO6/c1-10(2)17-20-6-5-13(27-20)15(19(23)24)16(20)18(22)21(17)8-11-3-4-12-14(7-11)26-9-25-12/h3-7,13,15-17H,1,8-9H2,2H3,(H,23,24)/p-1/t13-,15-,16+,17-,20+/m0/s1. The van der Waals surface area contributed by atoms with E-state index in [1.807, 2.05) is 25.1 Å². The van der Waals surface area contributed by atoms with Gasteiger partial charge in [0.05, 0.1) is 18.1 Å². The number of carboxylic acid groups (broad SMARTS) is 1. The van der Waals surface area contributed by atoms with Crippen molar-refractivity contribution in [3.05, 3.63) is 48.1 Å². The van der Waals surface area contributed by atoms with E-state index in [0.29, 0.717) is 18.0 Å². The second-order valence-electron chi connectivity index (χ2n) is 7.52. The van der Waals surface area contributed by atoms with Crippen molar-refractivity contribution in [2.45, 2.75) is 31.2 Å². The van der Waals surface area contributed by atoms with Crippen LogP contribution in [0.1, 0.15) is 12.5 Å². The molecule has 4 aliphatic heterocycles. The quantitative estimate of drug-likeness (QED) is 0.715. The van der Waals surface area contributed by atoms with Crippen molar-refractivity contribution in [1.29, 1.82) is 0 Å². The normalized spacial score (nSPS) is 35.0. The van der Waals surface area contributed by atoms with Gasteiger partial charge in [0, 0.05) is 18.4 Å². The summed E-state index contributed by atoms with van der Waals surface area (Å²) < 4.78 is 16.8. The van der Waals surface area contributed by atoms with Gasteiger partial charge in [0.2, 0.25) is 12.7 Å². The van der Waals surface area contributed by atoms with Gasteiger partial charge in [-0.3, -0.25) is 4.79 Å². The van der Waals surface area contributed by atoms with Crippen LogP contribution in [0.5, 0.6) is 11.5 Å². The Bertz CT molecular complexity index is 908. The summed E-state index contributed by atoms with van der Waals surface area (Å²) in [6, 6.07) is 5.07. The third kappa shape index (κ3) is 2.06. The van der Waals surface area contributed by atoms with Crippen LogP contribution in [0, 0.1) is 11.8 Å². The number of carbonyl (C=O) groups excluding carboxylic acids is 2. The summed E-state index contributed by atoms with van der Waals surface area (Å²) in [5, 5.41) is 11.7. The molecule has 0 radical (unpaired) electrons. The van der Waals surface area contributed by atoms with Gasteiger partial charge >= 0.3 is 0 Å². The van der Waals surface area contributed by atoms with Gasteiger partial charge in [-0.05, 0) is 24.6 Å². The Morgan fingerprint density at radius 1 is 1.37 bits per heavy atom. The van der Waals surface area contributed by atoms with Crippen LogP contribution in [0.4, 0.5) is 0 Å². The molecule has 2 bridgehead atoms. The van der Waals surface area contributed by atoms with Crippen LogP contribution in [-0.2, 0) is 20.9 Å². The fourth-order valence-corrected chi connectivity index (χ4v) is 4.95. The Morgan fingerprint density at radius 2 is 2.15 bits per heavy atom. The molecule has 5 rings (SSSR count). The van der Waals surface area contributed by atoms with E-state index in [9.17, 15) is 14.7 Å². The summed E-state index contributed by atoms with van der Waals surface area (Å²) in [5.41, 5.74) is 0.615. The predicted molar refractivity (Wildman–Crippen MR) is 90.4 cm³/mol. The molecule has 1 aromatic carbocycles. The maximum Gasteiger partial charge on any atom is 0.231 e. The summed E-state index contributed by atoms with van der Waals surface area (Å²) in [7, 11) is 0. The molecule has 7 nitrogen and oxygen atoms in total. The maximum absolute atomic E-state index is 13.3. The third-order valence-electron chi connectivity index (χ3n) is 5.90.